The topological polar surface area (TPSA) is 100 Å². The van der Waals surface area contributed by atoms with Gasteiger partial charge in [0.2, 0.25) is 0 Å². The SMILES string of the molecule is Nc1nc2cc(C3=NCC=C3)ccc2c2nc(CCCO)[nH]c12. The van der Waals surface area contributed by atoms with Crippen LogP contribution in [0.4, 0.5) is 5.82 Å². The van der Waals surface area contributed by atoms with Gasteiger partial charge in [-0.3, -0.25) is 4.99 Å². The summed E-state index contributed by atoms with van der Waals surface area (Å²) in [6.07, 6.45) is 5.41. The average molecular weight is 307 g/mol. The number of benzene rings is 1. The van der Waals surface area contributed by atoms with Crippen molar-refractivity contribution >= 4 is 33.5 Å². The van der Waals surface area contributed by atoms with Crippen molar-refractivity contribution in [1.29, 1.82) is 0 Å². The van der Waals surface area contributed by atoms with Gasteiger partial charge in [0.25, 0.3) is 0 Å². The number of aromatic nitrogens is 3. The van der Waals surface area contributed by atoms with Crippen LogP contribution >= 0.6 is 0 Å². The second-order valence-electron chi connectivity index (χ2n) is 5.59. The van der Waals surface area contributed by atoms with Crippen LogP contribution in [0, 0.1) is 0 Å². The number of aromatic amines is 1. The first-order chi connectivity index (χ1) is 11.3. The zero-order chi connectivity index (χ0) is 15.8. The number of hydrogen-bond acceptors (Lipinski definition) is 5. The minimum absolute atomic E-state index is 0.143. The van der Waals surface area contributed by atoms with Crippen LogP contribution in [-0.2, 0) is 6.42 Å². The van der Waals surface area contributed by atoms with Crippen molar-refractivity contribution in [2.45, 2.75) is 12.8 Å². The molecule has 1 aromatic carbocycles. The molecule has 6 heteroatoms. The van der Waals surface area contributed by atoms with Gasteiger partial charge in [-0.15, -0.1) is 0 Å². The third-order valence-electron chi connectivity index (χ3n) is 4.01. The fraction of sp³-hybridized carbons (Fsp3) is 0.235. The van der Waals surface area contributed by atoms with Gasteiger partial charge in [-0.25, -0.2) is 9.97 Å². The molecule has 0 fully saturated rings. The predicted molar refractivity (Wildman–Crippen MR) is 91.8 cm³/mol. The molecule has 6 nitrogen and oxygen atoms in total. The molecule has 0 saturated heterocycles. The number of fused-ring (bicyclic) bond motifs is 3. The van der Waals surface area contributed by atoms with Gasteiger partial charge < -0.3 is 15.8 Å². The van der Waals surface area contributed by atoms with Crippen LogP contribution < -0.4 is 5.73 Å². The molecule has 4 rings (SSSR count). The number of allylic oxidation sites excluding steroid dienone is 1. The summed E-state index contributed by atoms with van der Waals surface area (Å²) >= 11 is 0. The monoisotopic (exact) mass is 307 g/mol. The molecule has 0 aliphatic carbocycles. The quantitative estimate of drug-likeness (QED) is 0.686. The molecule has 116 valence electrons. The van der Waals surface area contributed by atoms with E-state index in [2.05, 4.69) is 19.9 Å². The summed E-state index contributed by atoms with van der Waals surface area (Å²) < 4.78 is 0. The number of aliphatic hydroxyl groups excluding tert-OH is 1. The lowest BCUT2D eigenvalue weighted by Crippen LogP contribution is -1.97. The average Bonchev–Trinajstić information content (AvgIpc) is 3.22. The molecule has 0 unspecified atom stereocenters. The Bertz CT molecular complexity index is 954. The van der Waals surface area contributed by atoms with Crippen LogP contribution in [0.25, 0.3) is 21.9 Å². The molecule has 1 aliphatic rings. The van der Waals surface area contributed by atoms with E-state index in [0.29, 0.717) is 18.7 Å². The Hall–Kier alpha value is -2.73. The van der Waals surface area contributed by atoms with Crippen molar-refractivity contribution in [3.05, 3.63) is 41.7 Å². The Kier molecular flexibility index (Phi) is 3.31. The molecule has 0 amide bonds. The maximum absolute atomic E-state index is 8.97. The number of pyridine rings is 1. The number of nitrogens with one attached hydrogen (secondary N) is 1. The van der Waals surface area contributed by atoms with Gasteiger partial charge in [0.05, 0.1) is 17.8 Å². The molecule has 4 N–H and O–H groups in total. The van der Waals surface area contributed by atoms with Gasteiger partial charge in [0.15, 0.2) is 0 Å². The van der Waals surface area contributed by atoms with E-state index in [1.54, 1.807) is 0 Å². The second kappa shape index (κ2) is 5.48. The van der Waals surface area contributed by atoms with Crippen LogP contribution in [0.1, 0.15) is 17.8 Å². The van der Waals surface area contributed by atoms with E-state index in [0.717, 1.165) is 45.6 Å². The standard InChI is InChI=1S/C17H17N5O/c18-17-16-15(21-14(22-16)4-2-8-23)11-6-5-10(9-13(11)20-17)12-3-1-7-19-12/h1,3,5-6,9,23H,2,4,7-8H2,(H2,18,20)(H,21,22). The number of anilines is 1. The molecular weight excluding hydrogens is 290 g/mol. The molecule has 0 saturated carbocycles. The summed E-state index contributed by atoms with van der Waals surface area (Å²) in [6.45, 7) is 0.875. The summed E-state index contributed by atoms with van der Waals surface area (Å²) in [5, 5.41) is 9.93. The van der Waals surface area contributed by atoms with Crippen molar-refractivity contribution in [3.8, 4) is 0 Å². The fourth-order valence-electron chi connectivity index (χ4n) is 2.89. The smallest absolute Gasteiger partial charge is 0.150 e. The maximum Gasteiger partial charge on any atom is 0.150 e. The number of imidazole rings is 1. The van der Waals surface area contributed by atoms with Gasteiger partial charge in [-0.1, -0.05) is 12.1 Å². The van der Waals surface area contributed by atoms with Gasteiger partial charge in [-0.05, 0) is 24.6 Å². The summed E-state index contributed by atoms with van der Waals surface area (Å²) in [5.74, 6) is 1.26. The number of aryl methyl sites for hydroxylation is 1. The van der Waals surface area contributed by atoms with E-state index < -0.39 is 0 Å². The summed E-state index contributed by atoms with van der Waals surface area (Å²) in [7, 11) is 0. The molecule has 0 radical (unpaired) electrons. The second-order valence-corrected chi connectivity index (χ2v) is 5.59. The predicted octanol–water partition coefficient (Wildman–Crippen LogP) is 1.98. The van der Waals surface area contributed by atoms with E-state index in [-0.39, 0.29) is 6.61 Å². The van der Waals surface area contributed by atoms with Gasteiger partial charge in [-0.2, -0.15) is 0 Å². The van der Waals surface area contributed by atoms with Crippen LogP contribution in [0.2, 0.25) is 0 Å². The van der Waals surface area contributed by atoms with Crippen molar-refractivity contribution in [2.75, 3.05) is 18.9 Å². The molecule has 0 bridgehead atoms. The third-order valence-corrected chi connectivity index (χ3v) is 4.01. The van der Waals surface area contributed by atoms with Crippen molar-refractivity contribution in [2.24, 2.45) is 4.99 Å². The number of nitrogens with two attached hydrogens (primary N) is 1. The lowest BCUT2D eigenvalue weighted by atomic mass is 10.1. The third kappa shape index (κ3) is 2.37. The van der Waals surface area contributed by atoms with E-state index in [4.69, 9.17) is 10.8 Å². The van der Waals surface area contributed by atoms with E-state index in [1.165, 1.54) is 0 Å². The van der Waals surface area contributed by atoms with Crippen LogP contribution in [0.3, 0.4) is 0 Å². The fourth-order valence-corrected chi connectivity index (χ4v) is 2.89. The number of aliphatic hydroxyl groups is 1. The Morgan fingerprint density at radius 3 is 2.96 bits per heavy atom. The number of H-pyrrole nitrogens is 1. The minimum atomic E-state index is 0.143. The number of nitrogens with zero attached hydrogens (tertiary/aromatic N) is 3. The minimum Gasteiger partial charge on any atom is -0.396 e. The molecule has 23 heavy (non-hydrogen) atoms. The largest absolute Gasteiger partial charge is 0.396 e. The summed E-state index contributed by atoms with van der Waals surface area (Å²) in [6, 6.07) is 6.06. The summed E-state index contributed by atoms with van der Waals surface area (Å²) in [4.78, 5) is 16.8. The molecule has 2 aromatic heterocycles. The highest BCUT2D eigenvalue weighted by Crippen LogP contribution is 2.27. The zero-order valence-electron chi connectivity index (χ0n) is 12.6. The van der Waals surface area contributed by atoms with Crippen molar-refractivity contribution in [3.63, 3.8) is 0 Å². The Morgan fingerprint density at radius 2 is 2.17 bits per heavy atom. The first kappa shape index (κ1) is 13.9. The number of aliphatic imine (C=N–C) groups is 1. The van der Waals surface area contributed by atoms with Gasteiger partial charge in [0, 0.05) is 24.0 Å². The Balaban J connectivity index is 1.87. The molecule has 0 spiro atoms. The highest BCUT2D eigenvalue weighted by atomic mass is 16.2. The van der Waals surface area contributed by atoms with Crippen LogP contribution in [0.15, 0.2) is 35.3 Å². The van der Waals surface area contributed by atoms with E-state index in [1.807, 2.05) is 30.4 Å². The highest BCUT2D eigenvalue weighted by molar-refractivity contribution is 6.13. The molecule has 3 heterocycles. The Labute approximate surface area is 132 Å². The van der Waals surface area contributed by atoms with Gasteiger partial charge in [0.1, 0.15) is 22.7 Å². The lowest BCUT2D eigenvalue weighted by molar-refractivity contribution is 0.287. The first-order valence-corrected chi connectivity index (χ1v) is 7.66. The maximum atomic E-state index is 8.97. The van der Waals surface area contributed by atoms with Crippen LogP contribution in [-0.4, -0.2) is 38.9 Å². The first-order valence-electron chi connectivity index (χ1n) is 7.66. The highest BCUT2D eigenvalue weighted by Gasteiger charge is 2.13. The molecule has 3 aromatic rings. The van der Waals surface area contributed by atoms with Gasteiger partial charge >= 0.3 is 0 Å². The van der Waals surface area contributed by atoms with Crippen molar-refractivity contribution < 1.29 is 5.11 Å². The normalized spacial score (nSPS) is 14.0. The Morgan fingerprint density at radius 1 is 1.26 bits per heavy atom. The number of rotatable bonds is 4. The molecule has 1 aliphatic heterocycles. The zero-order valence-corrected chi connectivity index (χ0v) is 12.6. The van der Waals surface area contributed by atoms with E-state index >= 15 is 0 Å². The molecular formula is C17H17N5O. The van der Waals surface area contributed by atoms with Crippen LogP contribution in [0.5, 0.6) is 0 Å². The van der Waals surface area contributed by atoms with Crippen molar-refractivity contribution in [1.82, 2.24) is 15.0 Å². The number of hydrogen-bond donors (Lipinski definition) is 3. The van der Waals surface area contributed by atoms with E-state index in [9.17, 15) is 0 Å². The lowest BCUT2D eigenvalue weighted by Gasteiger charge is -2.04. The number of nitrogen functional groups attached to an aromatic ring is 1. The molecule has 0 atom stereocenters. The summed E-state index contributed by atoms with van der Waals surface area (Å²) in [5.41, 5.74) is 10.5.